The van der Waals surface area contributed by atoms with Gasteiger partial charge in [-0.1, -0.05) is 11.6 Å². The predicted molar refractivity (Wildman–Crippen MR) is 66.7 cm³/mol. The smallest absolute Gasteiger partial charge is 0.247 e. The molecule has 5 heteroatoms. The van der Waals surface area contributed by atoms with Crippen LogP contribution in [0.3, 0.4) is 0 Å². The van der Waals surface area contributed by atoms with Crippen molar-refractivity contribution in [1.82, 2.24) is 10.6 Å². The molecule has 3 nitrogen and oxygen atoms in total. The van der Waals surface area contributed by atoms with Crippen LogP contribution in [-0.4, -0.2) is 19.0 Å². The van der Waals surface area contributed by atoms with Crippen molar-refractivity contribution in [3.8, 4) is 0 Å². The molecule has 0 radical (unpaired) electrons. The fourth-order valence-electron chi connectivity index (χ4n) is 1.42. The summed E-state index contributed by atoms with van der Waals surface area (Å²) in [5.41, 5.74) is 2.03. The van der Waals surface area contributed by atoms with Crippen molar-refractivity contribution in [2.75, 3.05) is 13.1 Å². The molecule has 0 saturated carbocycles. The van der Waals surface area contributed by atoms with E-state index in [0.717, 1.165) is 27.9 Å². The molecule has 0 unspecified atom stereocenters. The molecule has 0 aliphatic carbocycles. The van der Waals surface area contributed by atoms with Gasteiger partial charge in [0.15, 0.2) is 0 Å². The Kier molecular flexibility index (Phi) is 3.63. The van der Waals surface area contributed by atoms with Crippen LogP contribution in [0.2, 0.25) is 4.34 Å². The molecule has 2 heterocycles. The lowest BCUT2D eigenvalue weighted by atomic mass is 10.0. The number of amides is 1. The molecule has 1 amide bonds. The molecule has 1 aliphatic rings. The number of hydrogen-bond donors (Lipinski definition) is 2. The van der Waals surface area contributed by atoms with Crippen molar-refractivity contribution in [2.45, 2.75) is 13.5 Å². The van der Waals surface area contributed by atoms with E-state index in [1.54, 1.807) is 0 Å². The SMILES string of the molecule is CC(C(=O)NCc1ccc(Cl)s1)=C1CNC1. The molecule has 0 spiro atoms. The Hall–Kier alpha value is -0.840. The van der Waals surface area contributed by atoms with Gasteiger partial charge in [0.1, 0.15) is 0 Å². The molecule has 0 bridgehead atoms. The highest BCUT2D eigenvalue weighted by molar-refractivity contribution is 7.16. The Bertz CT molecular complexity index is 433. The van der Waals surface area contributed by atoms with Gasteiger partial charge < -0.3 is 10.6 Å². The van der Waals surface area contributed by atoms with Gasteiger partial charge in [0, 0.05) is 23.5 Å². The van der Waals surface area contributed by atoms with Crippen LogP contribution >= 0.6 is 22.9 Å². The molecule has 1 saturated heterocycles. The van der Waals surface area contributed by atoms with E-state index in [4.69, 9.17) is 11.6 Å². The second-order valence-electron chi connectivity index (χ2n) is 3.72. The Morgan fingerprint density at radius 2 is 2.31 bits per heavy atom. The third kappa shape index (κ3) is 2.64. The Morgan fingerprint density at radius 1 is 1.56 bits per heavy atom. The second-order valence-corrected chi connectivity index (χ2v) is 5.52. The summed E-state index contributed by atoms with van der Waals surface area (Å²) >= 11 is 7.30. The van der Waals surface area contributed by atoms with Crippen molar-refractivity contribution < 1.29 is 4.79 Å². The normalized spacial score (nSPS) is 14.5. The van der Waals surface area contributed by atoms with E-state index in [1.807, 2.05) is 19.1 Å². The third-order valence-electron chi connectivity index (χ3n) is 2.60. The average Bonchev–Trinajstić information content (AvgIpc) is 2.58. The lowest BCUT2D eigenvalue weighted by Crippen LogP contribution is -2.37. The lowest BCUT2D eigenvalue weighted by molar-refractivity contribution is -0.117. The number of carbonyl (C=O) groups excluding carboxylic acids is 1. The van der Waals surface area contributed by atoms with E-state index in [2.05, 4.69) is 10.6 Å². The Labute approximate surface area is 103 Å². The average molecular weight is 257 g/mol. The minimum Gasteiger partial charge on any atom is -0.347 e. The number of halogens is 1. The van der Waals surface area contributed by atoms with E-state index in [9.17, 15) is 4.79 Å². The molecule has 2 rings (SSSR count). The highest BCUT2D eigenvalue weighted by Crippen LogP contribution is 2.21. The van der Waals surface area contributed by atoms with Gasteiger partial charge in [-0.25, -0.2) is 0 Å². The number of hydrogen-bond acceptors (Lipinski definition) is 3. The monoisotopic (exact) mass is 256 g/mol. The van der Waals surface area contributed by atoms with Crippen LogP contribution in [0.25, 0.3) is 0 Å². The molecule has 0 atom stereocenters. The summed E-state index contributed by atoms with van der Waals surface area (Å²) < 4.78 is 0.752. The zero-order valence-corrected chi connectivity index (χ0v) is 10.5. The van der Waals surface area contributed by atoms with Gasteiger partial charge in [-0.15, -0.1) is 11.3 Å². The van der Waals surface area contributed by atoms with E-state index < -0.39 is 0 Å². The number of carbonyl (C=O) groups is 1. The summed E-state index contributed by atoms with van der Waals surface area (Å²) in [5.74, 6) is 0.0148. The second kappa shape index (κ2) is 4.99. The molecular formula is C11H13ClN2OS. The van der Waals surface area contributed by atoms with E-state index >= 15 is 0 Å². The lowest BCUT2D eigenvalue weighted by Gasteiger charge is -2.21. The summed E-state index contributed by atoms with van der Waals surface area (Å²) in [6, 6.07) is 3.77. The quantitative estimate of drug-likeness (QED) is 0.812. The summed E-state index contributed by atoms with van der Waals surface area (Å²) in [6.07, 6.45) is 0. The van der Waals surface area contributed by atoms with Gasteiger partial charge >= 0.3 is 0 Å². The molecular weight excluding hydrogens is 244 g/mol. The Morgan fingerprint density at radius 3 is 2.81 bits per heavy atom. The van der Waals surface area contributed by atoms with Gasteiger partial charge in [0.2, 0.25) is 5.91 Å². The molecule has 1 aromatic heterocycles. The van der Waals surface area contributed by atoms with Gasteiger partial charge in [-0.05, 0) is 24.6 Å². The molecule has 1 aromatic rings. The van der Waals surface area contributed by atoms with E-state index in [-0.39, 0.29) is 5.91 Å². The summed E-state index contributed by atoms with van der Waals surface area (Å²) in [5, 5.41) is 6.01. The predicted octanol–water partition coefficient (Wildman–Crippen LogP) is 1.94. The van der Waals surface area contributed by atoms with Gasteiger partial charge in [-0.2, -0.15) is 0 Å². The minimum atomic E-state index is 0.0148. The zero-order chi connectivity index (χ0) is 11.5. The van der Waals surface area contributed by atoms with Crippen LogP contribution in [0, 0.1) is 0 Å². The van der Waals surface area contributed by atoms with Crippen LogP contribution in [0.4, 0.5) is 0 Å². The molecule has 1 fully saturated rings. The number of rotatable bonds is 3. The number of thiophene rings is 1. The highest BCUT2D eigenvalue weighted by Gasteiger charge is 2.15. The largest absolute Gasteiger partial charge is 0.347 e. The maximum Gasteiger partial charge on any atom is 0.247 e. The molecule has 2 N–H and O–H groups in total. The third-order valence-corrected chi connectivity index (χ3v) is 3.83. The van der Waals surface area contributed by atoms with Crippen molar-refractivity contribution in [3.05, 3.63) is 32.5 Å². The molecule has 1 aliphatic heterocycles. The van der Waals surface area contributed by atoms with Crippen molar-refractivity contribution >= 4 is 28.8 Å². The van der Waals surface area contributed by atoms with Crippen LogP contribution in [0.5, 0.6) is 0 Å². The maximum atomic E-state index is 11.7. The summed E-state index contributed by atoms with van der Waals surface area (Å²) in [4.78, 5) is 12.8. The first kappa shape index (κ1) is 11.6. The molecule has 0 aromatic carbocycles. The first-order chi connectivity index (χ1) is 7.66. The standard InChI is InChI=1S/C11H13ClN2OS/c1-7(8-4-13-5-8)11(15)14-6-9-2-3-10(12)16-9/h2-3,13H,4-6H2,1H3,(H,14,15). The van der Waals surface area contributed by atoms with E-state index in [0.29, 0.717) is 6.54 Å². The molecule has 16 heavy (non-hydrogen) atoms. The topological polar surface area (TPSA) is 41.1 Å². The highest BCUT2D eigenvalue weighted by atomic mass is 35.5. The van der Waals surface area contributed by atoms with Crippen LogP contribution in [0.15, 0.2) is 23.3 Å². The van der Waals surface area contributed by atoms with Crippen LogP contribution in [-0.2, 0) is 11.3 Å². The van der Waals surface area contributed by atoms with Crippen LogP contribution in [0.1, 0.15) is 11.8 Å². The fraction of sp³-hybridized carbons (Fsp3) is 0.364. The fourth-order valence-corrected chi connectivity index (χ4v) is 2.45. The number of nitrogens with one attached hydrogen (secondary N) is 2. The van der Waals surface area contributed by atoms with Gasteiger partial charge in [-0.3, -0.25) is 4.79 Å². The summed E-state index contributed by atoms with van der Waals surface area (Å²) in [6.45, 7) is 4.09. The Balaban J connectivity index is 1.88. The summed E-state index contributed by atoms with van der Waals surface area (Å²) in [7, 11) is 0. The molecule has 86 valence electrons. The zero-order valence-electron chi connectivity index (χ0n) is 8.97. The van der Waals surface area contributed by atoms with Crippen molar-refractivity contribution in [3.63, 3.8) is 0 Å². The van der Waals surface area contributed by atoms with Gasteiger partial charge in [0.05, 0.1) is 10.9 Å². The van der Waals surface area contributed by atoms with E-state index in [1.165, 1.54) is 16.9 Å². The van der Waals surface area contributed by atoms with Crippen molar-refractivity contribution in [1.29, 1.82) is 0 Å². The first-order valence-corrected chi connectivity index (χ1v) is 6.28. The first-order valence-electron chi connectivity index (χ1n) is 5.08. The maximum absolute atomic E-state index is 11.7. The van der Waals surface area contributed by atoms with Crippen LogP contribution < -0.4 is 10.6 Å². The van der Waals surface area contributed by atoms with Crippen molar-refractivity contribution in [2.24, 2.45) is 0 Å². The minimum absolute atomic E-state index is 0.0148. The van der Waals surface area contributed by atoms with Gasteiger partial charge in [0.25, 0.3) is 0 Å².